The fourth-order valence-corrected chi connectivity index (χ4v) is 5.53. The summed E-state index contributed by atoms with van der Waals surface area (Å²) in [5, 5.41) is 3.04. The SMILES string of the molecule is CN(C)c1ccc(NC(=O)C(C2CC=CCC2)N(Cc2ccccc2)C(=O)CN2C(=O)C(=O)c3ccccc32)cc1. The first kappa shape index (κ1) is 27.8. The van der Waals surface area contributed by atoms with Gasteiger partial charge in [-0.25, -0.2) is 0 Å². The van der Waals surface area contributed by atoms with Crippen LogP contribution in [0.3, 0.4) is 0 Å². The molecule has 1 aliphatic heterocycles. The Morgan fingerprint density at radius 1 is 0.927 bits per heavy atom. The smallest absolute Gasteiger partial charge is 0.299 e. The zero-order valence-electron chi connectivity index (χ0n) is 23.3. The molecule has 1 aliphatic carbocycles. The molecule has 0 radical (unpaired) electrons. The second-order valence-corrected chi connectivity index (χ2v) is 10.7. The van der Waals surface area contributed by atoms with Crippen LogP contribution in [0.4, 0.5) is 17.1 Å². The van der Waals surface area contributed by atoms with Gasteiger partial charge in [0.25, 0.3) is 11.7 Å². The molecule has 0 fully saturated rings. The molecule has 3 aromatic carbocycles. The van der Waals surface area contributed by atoms with E-state index in [1.807, 2.05) is 73.6 Å². The number of rotatable bonds is 9. The van der Waals surface area contributed by atoms with Crippen LogP contribution < -0.4 is 15.1 Å². The van der Waals surface area contributed by atoms with Crippen LogP contribution >= 0.6 is 0 Å². The molecule has 3 amide bonds. The number of ketones is 1. The van der Waals surface area contributed by atoms with E-state index in [4.69, 9.17) is 0 Å². The van der Waals surface area contributed by atoms with Crippen LogP contribution in [-0.4, -0.2) is 55.1 Å². The van der Waals surface area contributed by atoms with Gasteiger partial charge in [-0.15, -0.1) is 0 Å². The van der Waals surface area contributed by atoms with Crippen molar-refractivity contribution in [1.82, 2.24) is 4.90 Å². The lowest BCUT2D eigenvalue weighted by atomic mass is 9.85. The summed E-state index contributed by atoms with van der Waals surface area (Å²) in [4.78, 5) is 58.5. The number of hydrogen-bond donors (Lipinski definition) is 1. The predicted octanol–water partition coefficient (Wildman–Crippen LogP) is 4.67. The lowest BCUT2D eigenvalue weighted by Gasteiger charge is -2.37. The third-order valence-corrected chi connectivity index (χ3v) is 7.70. The Labute approximate surface area is 240 Å². The van der Waals surface area contributed by atoms with Crippen molar-refractivity contribution >= 4 is 40.6 Å². The average molecular weight is 551 g/mol. The molecular formula is C33H34N4O4. The van der Waals surface area contributed by atoms with Crippen LogP contribution in [0.1, 0.15) is 35.2 Å². The predicted molar refractivity (Wildman–Crippen MR) is 160 cm³/mol. The summed E-state index contributed by atoms with van der Waals surface area (Å²) in [6.45, 7) is -0.145. The monoisotopic (exact) mass is 550 g/mol. The van der Waals surface area contributed by atoms with E-state index in [0.29, 0.717) is 17.8 Å². The number of carbonyl (C=O) groups is 4. The third kappa shape index (κ3) is 6.06. The standard InChI is InChI=1S/C33H34N4O4/c1-35(2)26-19-17-25(18-20-26)34-32(40)30(24-13-7-4-8-14-24)37(21-23-11-5-3-6-12-23)29(38)22-36-28-16-10-9-15-27(28)31(39)33(36)41/h3-7,9-12,15-20,24,30H,8,13-14,21-22H2,1-2H3,(H,34,40). The molecule has 8 heteroatoms. The largest absolute Gasteiger partial charge is 0.378 e. The maximum Gasteiger partial charge on any atom is 0.299 e. The Balaban J connectivity index is 1.48. The van der Waals surface area contributed by atoms with E-state index >= 15 is 0 Å². The Kier molecular flexibility index (Phi) is 8.29. The number of hydrogen-bond acceptors (Lipinski definition) is 5. The minimum absolute atomic E-state index is 0.114. The fraction of sp³-hybridized carbons (Fsp3) is 0.273. The third-order valence-electron chi connectivity index (χ3n) is 7.70. The van der Waals surface area contributed by atoms with Crippen LogP contribution in [0.25, 0.3) is 0 Å². The zero-order valence-corrected chi connectivity index (χ0v) is 23.3. The molecule has 0 bridgehead atoms. The number of fused-ring (bicyclic) bond motifs is 1. The highest BCUT2D eigenvalue weighted by molar-refractivity contribution is 6.52. The van der Waals surface area contributed by atoms with Gasteiger partial charge in [-0.2, -0.15) is 0 Å². The van der Waals surface area contributed by atoms with E-state index in [9.17, 15) is 19.2 Å². The Morgan fingerprint density at radius 2 is 1.63 bits per heavy atom. The first-order valence-electron chi connectivity index (χ1n) is 13.9. The van der Waals surface area contributed by atoms with Gasteiger partial charge >= 0.3 is 0 Å². The van der Waals surface area contributed by atoms with Gasteiger partial charge in [-0.1, -0.05) is 54.6 Å². The second kappa shape index (κ2) is 12.2. The van der Waals surface area contributed by atoms with Gasteiger partial charge in [0.1, 0.15) is 12.6 Å². The maximum atomic E-state index is 14.1. The average Bonchev–Trinajstić information content (AvgIpc) is 3.23. The normalized spacial score (nSPS) is 16.7. The van der Waals surface area contributed by atoms with Gasteiger partial charge < -0.3 is 15.1 Å². The van der Waals surface area contributed by atoms with Crippen molar-refractivity contribution in [2.45, 2.75) is 31.8 Å². The molecule has 5 rings (SSSR count). The molecule has 210 valence electrons. The van der Waals surface area contributed by atoms with Crippen LogP contribution in [-0.2, 0) is 20.9 Å². The summed E-state index contributed by atoms with van der Waals surface area (Å²) in [7, 11) is 3.90. The summed E-state index contributed by atoms with van der Waals surface area (Å²) in [5.74, 6) is -2.16. The summed E-state index contributed by atoms with van der Waals surface area (Å²) >= 11 is 0. The van der Waals surface area contributed by atoms with E-state index in [-0.39, 0.29) is 30.5 Å². The molecule has 0 aromatic heterocycles. The van der Waals surface area contributed by atoms with Gasteiger partial charge in [-0.05, 0) is 67.1 Å². The van der Waals surface area contributed by atoms with E-state index in [2.05, 4.69) is 17.5 Å². The van der Waals surface area contributed by atoms with Crippen molar-refractivity contribution in [3.8, 4) is 0 Å². The first-order chi connectivity index (χ1) is 19.8. The van der Waals surface area contributed by atoms with Crippen molar-refractivity contribution in [1.29, 1.82) is 0 Å². The highest BCUT2D eigenvalue weighted by atomic mass is 16.2. The highest BCUT2D eigenvalue weighted by Gasteiger charge is 2.41. The number of nitrogens with zero attached hydrogens (tertiary/aromatic N) is 3. The zero-order chi connectivity index (χ0) is 28.9. The molecule has 41 heavy (non-hydrogen) atoms. The topological polar surface area (TPSA) is 90.0 Å². The molecule has 2 atom stereocenters. The van der Waals surface area contributed by atoms with Crippen molar-refractivity contribution in [3.05, 3.63) is 102 Å². The Hall–Kier alpha value is -4.72. The minimum atomic E-state index is -0.787. The van der Waals surface area contributed by atoms with Crippen molar-refractivity contribution < 1.29 is 19.2 Å². The van der Waals surface area contributed by atoms with Gasteiger partial charge in [0, 0.05) is 32.0 Å². The summed E-state index contributed by atoms with van der Waals surface area (Å²) in [5.41, 5.74) is 3.21. The number of anilines is 3. The number of carbonyl (C=O) groups excluding carboxylic acids is 4. The van der Waals surface area contributed by atoms with Crippen molar-refractivity contribution in [3.63, 3.8) is 0 Å². The molecule has 1 heterocycles. The quantitative estimate of drug-likeness (QED) is 0.309. The first-order valence-corrected chi connectivity index (χ1v) is 13.9. The minimum Gasteiger partial charge on any atom is -0.378 e. The number of para-hydroxylation sites is 1. The maximum absolute atomic E-state index is 14.1. The lowest BCUT2D eigenvalue weighted by molar-refractivity contribution is -0.140. The molecule has 0 saturated carbocycles. The molecule has 1 N–H and O–H groups in total. The van der Waals surface area contributed by atoms with Crippen LogP contribution in [0.2, 0.25) is 0 Å². The number of allylic oxidation sites excluding steroid dienone is 2. The van der Waals surface area contributed by atoms with E-state index in [0.717, 1.165) is 24.1 Å². The highest BCUT2D eigenvalue weighted by Crippen LogP contribution is 2.31. The van der Waals surface area contributed by atoms with Crippen molar-refractivity contribution in [2.24, 2.45) is 5.92 Å². The Morgan fingerprint density at radius 3 is 2.32 bits per heavy atom. The van der Waals surface area contributed by atoms with Gasteiger partial charge in [0.15, 0.2) is 0 Å². The summed E-state index contributed by atoms with van der Waals surface area (Å²) in [6.07, 6.45) is 6.37. The van der Waals surface area contributed by atoms with Crippen molar-refractivity contribution in [2.75, 3.05) is 35.8 Å². The molecule has 0 saturated heterocycles. The lowest BCUT2D eigenvalue weighted by Crippen LogP contribution is -2.54. The van der Waals surface area contributed by atoms with Crippen LogP contribution in [0, 0.1) is 5.92 Å². The van der Waals surface area contributed by atoms with Crippen LogP contribution in [0.5, 0.6) is 0 Å². The Bertz CT molecular complexity index is 1470. The number of nitrogens with one attached hydrogen (secondary N) is 1. The van der Waals surface area contributed by atoms with Crippen LogP contribution in [0.15, 0.2) is 91.0 Å². The van der Waals surface area contributed by atoms with E-state index in [1.54, 1.807) is 29.2 Å². The van der Waals surface area contributed by atoms with Gasteiger partial charge in [0.05, 0.1) is 11.3 Å². The number of amides is 3. The molecular weight excluding hydrogens is 516 g/mol. The number of Topliss-reactive ketones (excluding diaryl/α,β-unsaturated/α-hetero) is 1. The molecule has 0 spiro atoms. The molecule has 3 aromatic rings. The molecule has 2 unspecified atom stereocenters. The second-order valence-electron chi connectivity index (χ2n) is 10.7. The van der Waals surface area contributed by atoms with E-state index < -0.39 is 23.6 Å². The number of benzene rings is 3. The summed E-state index contributed by atoms with van der Waals surface area (Å²) < 4.78 is 0. The van der Waals surface area contributed by atoms with E-state index in [1.165, 1.54) is 4.90 Å². The molecule has 8 nitrogen and oxygen atoms in total. The van der Waals surface area contributed by atoms with Gasteiger partial charge in [0.2, 0.25) is 11.8 Å². The summed E-state index contributed by atoms with van der Waals surface area (Å²) in [6, 6.07) is 22.9. The van der Waals surface area contributed by atoms with Gasteiger partial charge in [-0.3, -0.25) is 24.1 Å². The molecule has 2 aliphatic rings. The fourth-order valence-electron chi connectivity index (χ4n) is 5.53.